The quantitative estimate of drug-likeness (QED) is 0.848. The maximum absolute atomic E-state index is 12.2. The first-order valence-electron chi connectivity index (χ1n) is 5.90. The Bertz CT molecular complexity index is 436. The van der Waals surface area contributed by atoms with Crippen molar-refractivity contribution in [1.82, 2.24) is 4.31 Å². The molecule has 1 aromatic rings. The van der Waals surface area contributed by atoms with Crippen LogP contribution in [0.4, 0.5) is 5.69 Å². The third-order valence-corrected chi connectivity index (χ3v) is 4.64. The van der Waals surface area contributed by atoms with Crippen molar-refractivity contribution in [3.8, 4) is 0 Å². The van der Waals surface area contributed by atoms with Crippen molar-refractivity contribution in [2.24, 2.45) is 0 Å². The van der Waals surface area contributed by atoms with E-state index in [1.807, 2.05) is 20.8 Å². The second kappa shape index (κ2) is 6.02. The summed E-state index contributed by atoms with van der Waals surface area (Å²) < 4.78 is 25.8. The summed E-state index contributed by atoms with van der Waals surface area (Å²) >= 11 is 0. The highest BCUT2D eigenvalue weighted by Crippen LogP contribution is 2.17. The number of sulfonamides is 1. The van der Waals surface area contributed by atoms with Gasteiger partial charge in [0.1, 0.15) is 0 Å². The van der Waals surface area contributed by atoms with Crippen LogP contribution in [-0.4, -0.2) is 32.4 Å². The number of benzene rings is 1. The molecule has 0 saturated heterocycles. The molecule has 0 heterocycles. The summed E-state index contributed by atoms with van der Waals surface area (Å²) in [7, 11) is -3.33. The summed E-state index contributed by atoms with van der Waals surface area (Å²) in [5.41, 5.74) is 0.936. The van der Waals surface area contributed by atoms with Gasteiger partial charge < -0.3 is 5.32 Å². The van der Waals surface area contributed by atoms with Crippen LogP contribution in [0.2, 0.25) is 0 Å². The number of nitrogens with one attached hydrogen (secondary N) is 1. The SMILES string of the molecule is CCNc1ccc(S(=O)(=O)N(CC)CC)cc1. The third kappa shape index (κ3) is 3.20. The fourth-order valence-electron chi connectivity index (χ4n) is 1.66. The number of hydrogen-bond acceptors (Lipinski definition) is 3. The highest BCUT2D eigenvalue weighted by Gasteiger charge is 2.20. The number of hydrogen-bond donors (Lipinski definition) is 1. The number of rotatable bonds is 6. The van der Waals surface area contributed by atoms with Crippen LogP contribution >= 0.6 is 0 Å². The van der Waals surface area contributed by atoms with Crippen molar-refractivity contribution in [3.05, 3.63) is 24.3 Å². The first-order valence-corrected chi connectivity index (χ1v) is 7.34. The van der Waals surface area contributed by atoms with Crippen LogP contribution < -0.4 is 5.32 Å². The zero-order valence-electron chi connectivity index (χ0n) is 10.6. The smallest absolute Gasteiger partial charge is 0.243 e. The van der Waals surface area contributed by atoms with E-state index < -0.39 is 10.0 Å². The average Bonchev–Trinajstić information content (AvgIpc) is 2.31. The van der Waals surface area contributed by atoms with Gasteiger partial charge in [-0.1, -0.05) is 13.8 Å². The van der Waals surface area contributed by atoms with E-state index in [1.54, 1.807) is 24.3 Å². The van der Waals surface area contributed by atoms with E-state index in [2.05, 4.69) is 5.32 Å². The molecule has 0 saturated carbocycles. The van der Waals surface area contributed by atoms with Gasteiger partial charge in [-0.05, 0) is 31.2 Å². The lowest BCUT2D eigenvalue weighted by Gasteiger charge is -2.18. The summed E-state index contributed by atoms with van der Waals surface area (Å²) in [5, 5.41) is 3.13. The topological polar surface area (TPSA) is 49.4 Å². The van der Waals surface area contributed by atoms with E-state index in [-0.39, 0.29) is 0 Å². The molecule has 96 valence electrons. The molecule has 0 aliphatic carbocycles. The minimum Gasteiger partial charge on any atom is -0.385 e. The van der Waals surface area contributed by atoms with Crippen LogP contribution in [0.3, 0.4) is 0 Å². The van der Waals surface area contributed by atoms with Gasteiger partial charge in [0, 0.05) is 25.3 Å². The van der Waals surface area contributed by atoms with Crippen LogP contribution in [0, 0.1) is 0 Å². The zero-order valence-corrected chi connectivity index (χ0v) is 11.4. The van der Waals surface area contributed by atoms with Crippen molar-refractivity contribution >= 4 is 15.7 Å². The molecular formula is C12H20N2O2S. The van der Waals surface area contributed by atoms with Gasteiger partial charge in [-0.2, -0.15) is 4.31 Å². The Hall–Kier alpha value is -1.07. The molecule has 1 aromatic carbocycles. The standard InChI is InChI=1S/C12H20N2O2S/c1-4-13-11-7-9-12(10-8-11)17(15,16)14(5-2)6-3/h7-10,13H,4-6H2,1-3H3. The molecule has 0 spiro atoms. The van der Waals surface area contributed by atoms with Gasteiger partial charge in [0.05, 0.1) is 4.90 Å². The molecule has 0 fully saturated rings. The van der Waals surface area contributed by atoms with Gasteiger partial charge in [-0.25, -0.2) is 8.42 Å². The summed E-state index contributed by atoms with van der Waals surface area (Å²) in [5.74, 6) is 0. The van der Waals surface area contributed by atoms with Gasteiger partial charge in [0.25, 0.3) is 0 Å². The molecule has 5 heteroatoms. The minimum atomic E-state index is -3.33. The minimum absolute atomic E-state index is 0.350. The Kier molecular flexibility index (Phi) is 4.96. The summed E-state index contributed by atoms with van der Waals surface area (Å²) in [4.78, 5) is 0.350. The van der Waals surface area contributed by atoms with Gasteiger partial charge in [0.2, 0.25) is 10.0 Å². The number of nitrogens with zero attached hydrogens (tertiary/aromatic N) is 1. The third-order valence-electron chi connectivity index (χ3n) is 2.58. The predicted molar refractivity (Wildman–Crippen MR) is 70.7 cm³/mol. The largest absolute Gasteiger partial charge is 0.385 e. The van der Waals surface area contributed by atoms with Crippen molar-refractivity contribution in [2.75, 3.05) is 25.0 Å². The lowest BCUT2D eigenvalue weighted by atomic mass is 10.3. The zero-order chi connectivity index (χ0) is 12.9. The van der Waals surface area contributed by atoms with E-state index in [0.29, 0.717) is 18.0 Å². The van der Waals surface area contributed by atoms with E-state index in [9.17, 15) is 8.42 Å². The Morgan fingerprint density at radius 3 is 2.00 bits per heavy atom. The van der Waals surface area contributed by atoms with Crippen LogP contribution in [0.15, 0.2) is 29.2 Å². The molecule has 0 aliphatic heterocycles. The van der Waals surface area contributed by atoms with Crippen molar-refractivity contribution in [2.45, 2.75) is 25.7 Å². The lowest BCUT2D eigenvalue weighted by molar-refractivity contribution is 0.445. The molecular weight excluding hydrogens is 236 g/mol. The molecule has 0 aromatic heterocycles. The normalized spacial score (nSPS) is 11.8. The lowest BCUT2D eigenvalue weighted by Crippen LogP contribution is -2.30. The van der Waals surface area contributed by atoms with Gasteiger partial charge in [-0.15, -0.1) is 0 Å². The van der Waals surface area contributed by atoms with E-state index >= 15 is 0 Å². The second-order valence-electron chi connectivity index (χ2n) is 3.64. The average molecular weight is 256 g/mol. The van der Waals surface area contributed by atoms with Crippen LogP contribution in [-0.2, 0) is 10.0 Å². The Morgan fingerprint density at radius 2 is 1.59 bits per heavy atom. The maximum Gasteiger partial charge on any atom is 0.243 e. The van der Waals surface area contributed by atoms with Crippen LogP contribution in [0.1, 0.15) is 20.8 Å². The molecule has 0 radical (unpaired) electrons. The van der Waals surface area contributed by atoms with Gasteiger partial charge in [-0.3, -0.25) is 0 Å². The monoisotopic (exact) mass is 256 g/mol. The fraction of sp³-hybridized carbons (Fsp3) is 0.500. The molecule has 0 amide bonds. The van der Waals surface area contributed by atoms with E-state index in [1.165, 1.54) is 4.31 Å². The van der Waals surface area contributed by atoms with Crippen molar-refractivity contribution in [1.29, 1.82) is 0 Å². The highest BCUT2D eigenvalue weighted by molar-refractivity contribution is 7.89. The molecule has 0 aliphatic rings. The Morgan fingerprint density at radius 1 is 1.06 bits per heavy atom. The molecule has 4 nitrogen and oxygen atoms in total. The first kappa shape index (κ1) is 14.0. The van der Waals surface area contributed by atoms with E-state index in [4.69, 9.17) is 0 Å². The summed E-state index contributed by atoms with van der Waals surface area (Å²) in [6.45, 7) is 7.49. The van der Waals surface area contributed by atoms with Gasteiger partial charge in [0.15, 0.2) is 0 Å². The van der Waals surface area contributed by atoms with Crippen LogP contribution in [0.25, 0.3) is 0 Å². The van der Waals surface area contributed by atoms with Crippen LogP contribution in [0.5, 0.6) is 0 Å². The second-order valence-corrected chi connectivity index (χ2v) is 5.58. The fourth-order valence-corrected chi connectivity index (χ4v) is 3.12. The van der Waals surface area contributed by atoms with Gasteiger partial charge >= 0.3 is 0 Å². The molecule has 0 bridgehead atoms. The predicted octanol–water partition coefficient (Wildman–Crippen LogP) is 2.15. The summed E-state index contributed by atoms with van der Waals surface area (Å²) in [6, 6.07) is 6.87. The van der Waals surface area contributed by atoms with Crippen molar-refractivity contribution < 1.29 is 8.42 Å². The molecule has 0 unspecified atom stereocenters. The molecule has 1 N–H and O–H groups in total. The Labute approximate surface area is 104 Å². The molecule has 17 heavy (non-hydrogen) atoms. The summed E-state index contributed by atoms with van der Waals surface area (Å²) in [6.07, 6.45) is 0. The highest BCUT2D eigenvalue weighted by atomic mass is 32.2. The van der Waals surface area contributed by atoms with Crippen molar-refractivity contribution in [3.63, 3.8) is 0 Å². The maximum atomic E-state index is 12.2. The molecule has 0 atom stereocenters. The molecule has 1 rings (SSSR count). The Balaban J connectivity index is 2.99. The first-order chi connectivity index (χ1) is 8.06. The number of anilines is 1. The van der Waals surface area contributed by atoms with E-state index in [0.717, 1.165) is 12.2 Å².